The molecule has 1 aliphatic carbocycles. The minimum absolute atomic E-state index is 0.0344. The Bertz CT molecular complexity index is 528. The minimum atomic E-state index is -3.12. The maximum Gasteiger partial charge on any atom is 0.223 e. The topological polar surface area (TPSA) is 66.5 Å². The van der Waals surface area contributed by atoms with E-state index in [4.69, 9.17) is 0 Å². The van der Waals surface area contributed by atoms with E-state index in [1.807, 2.05) is 0 Å². The van der Waals surface area contributed by atoms with Gasteiger partial charge in [-0.3, -0.25) is 4.79 Å². The van der Waals surface area contributed by atoms with Gasteiger partial charge in [-0.15, -0.1) is 0 Å². The number of piperidine rings is 1. The molecular formula is C18H34N2O3S. The van der Waals surface area contributed by atoms with Gasteiger partial charge in [0.15, 0.2) is 0 Å². The third-order valence-electron chi connectivity index (χ3n) is 6.38. The molecule has 1 saturated carbocycles. The van der Waals surface area contributed by atoms with Crippen LogP contribution < -0.4 is 5.32 Å². The van der Waals surface area contributed by atoms with Gasteiger partial charge < -0.3 is 5.32 Å². The fourth-order valence-electron chi connectivity index (χ4n) is 4.08. The van der Waals surface area contributed by atoms with Crippen molar-refractivity contribution in [1.82, 2.24) is 9.62 Å². The third-order valence-corrected chi connectivity index (χ3v) is 7.69. The van der Waals surface area contributed by atoms with Gasteiger partial charge >= 0.3 is 0 Å². The zero-order valence-corrected chi connectivity index (χ0v) is 16.5. The SMILES string of the molecule is CCC(C)(C)C1CCC(NC(=O)C2CCN(S(C)(=O)=O)CC2)CC1. The summed E-state index contributed by atoms with van der Waals surface area (Å²) in [5, 5.41) is 3.23. The van der Waals surface area contributed by atoms with Crippen molar-refractivity contribution in [3.05, 3.63) is 0 Å². The molecule has 2 fully saturated rings. The lowest BCUT2D eigenvalue weighted by atomic mass is 9.69. The molecule has 0 aromatic rings. The fourth-order valence-corrected chi connectivity index (χ4v) is 4.95. The smallest absolute Gasteiger partial charge is 0.223 e. The second-order valence-electron chi connectivity index (χ2n) is 8.34. The molecule has 6 heteroatoms. The highest BCUT2D eigenvalue weighted by Crippen LogP contribution is 2.40. The normalized spacial score (nSPS) is 27.8. The molecule has 2 aliphatic rings. The summed E-state index contributed by atoms with van der Waals surface area (Å²) in [6.45, 7) is 7.90. The van der Waals surface area contributed by atoms with Crippen molar-refractivity contribution in [2.45, 2.75) is 71.8 Å². The predicted molar refractivity (Wildman–Crippen MR) is 97.1 cm³/mol. The van der Waals surface area contributed by atoms with Crippen molar-refractivity contribution in [1.29, 1.82) is 0 Å². The first-order chi connectivity index (χ1) is 11.1. The summed E-state index contributed by atoms with van der Waals surface area (Å²) < 4.78 is 24.6. The van der Waals surface area contributed by atoms with Crippen LogP contribution in [0.15, 0.2) is 0 Å². The molecular weight excluding hydrogens is 324 g/mol. The Kier molecular flexibility index (Phi) is 6.35. The van der Waals surface area contributed by atoms with Crippen LogP contribution in [0.25, 0.3) is 0 Å². The minimum Gasteiger partial charge on any atom is -0.353 e. The molecule has 1 saturated heterocycles. The number of nitrogens with zero attached hydrogens (tertiary/aromatic N) is 1. The number of hydrogen-bond acceptors (Lipinski definition) is 3. The van der Waals surface area contributed by atoms with E-state index >= 15 is 0 Å². The van der Waals surface area contributed by atoms with Crippen LogP contribution in [0, 0.1) is 17.3 Å². The highest BCUT2D eigenvalue weighted by molar-refractivity contribution is 7.88. The second-order valence-corrected chi connectivity index (χ2v) is 10.3. The first kappa shape index (κ1) is 19.7. The number of sulfonamides is 1. The molecule has 1 amide bonds. The molecule has 0 atom stereocenters. The Morgan fingerprint density at radius 2 is 1.62 bits per heavy atom. The molecule has 2 rings (SSSR count). The van der Waals surface area contributed by atoms with E-state index in [-0.39, 0.29) is 11.8 Å². The van der Waals surface area contributed by atoms with Crippen LogP contribution >= 0.6 is 0 Å². The molecule has 1 heterocycles. The molecule has 0 radical (unpaired) electrons. The zero-order valence-electron chi connectivity index (χ0n) is 15.7. The molecule has 5 nitrogen and oxygen atoms in total. The summed E-state index contributed by atoms with van der Waals surface area (Å²) in [6, 6.07) is 0.300. The van der Waals surface area contributed by atoms with Crippen LogP contribution in [0.5, 0.6) is 0 Å². The molecule has 140 valence electrons. The first-order valence-electron chi connectivity index (χ1n) is 9.39. The summed E-state index contributed by atoms with van der Waals surface area (Å²) in [6.07, 6.45) is 8.24. The van der Waals surface area contributed by atoms with Gasteiger partial charge in [-0.2, -0.15) is 0 Å². The second kappa shape index (κ2) is 7.73. The van der Waals surface area contributed by atoms with Crippen LogP contribution in [-0.4, -0.2) is 44.0 Å². The molecule has 0 bridgehead atoms. The van der Waals surface area contributed by atoms with Crippen LogP contribution in [0.2, 0.25) is 0 Å². The van der Waals surface area contributed by atoms with Crippen molar-refractivity contribution in [3.63, 3.8) is 0 Å². The lowest BCUT2D eigenvalue weighted by Crippen LogP contribution is -2.46. The Morgan fingerprint density at radius 1 is 1.08 bits per heavy atom. The first-order valence-corrected chi connectivity index (χ1v) is 11.2. The molecule has 1 aliphatic heterocycles. The van der Waals surface area contributed by atoms with Gasteiger partial charge in [-0.1, -0.05) is 27.2 Å². The lowest BCUT2D eigenvalue weighted by Gasteiger charge is -2.39. The van der Waals surface area contributed by atoms with Gasteiger partial charge in [-0.05, 0) is 49.9 Å². The lowest BCUT2D eigenvalue weighted by molar-refractivity contribution is -0.127. The van der Waals surface area contributed by atoms with Crippen LogP contribution in [0.1, 0.15) is 65.7 Å². The third kappa shape index (κ3) is 4.94. The standard InChI is InChI=1S/C18H34N2O3S/c1-5-18(2,3)15-6-8-16(9-7-15)19-17(21)14-10-12-20(13-11-14)24(4,22)23/h14-16H,5-13H2,1-4H3,(H,19,21). The number of carbonyl (C=O) groups excluding carboxylic acids is 1. The van der Waals surface area contributed by atoms with E-state index in [1.54, 1.807) is 0 Å². The maximum atomic E-state index is 12.5. The van der Waals surface area contributed by atoms with Gasteiger partial charge in [0.2, 0.25) is 15.9 Å². The Balaban J connectivity index is 1.77. The molecule has 24 heavy (non-hydrogen) atoms. The number of carbonyl (C=O) groups is 1. The van der Waals surface area contributed by atoms with E-state index < -0.39 is 10.0 Å². The van der Waals surface area contributed by atoms with Gasteiger partial charge in [0.1, 0.15) is 0 Å². The molecule has 0 spiro atoms. The Morgan fingerprint density at radius 3 is 2.08 bits per heavy atom. The predicted octanol–water partition coefficient (Wildman–Crippen LogP) is 2.77. The molecule has 0 unspecified atom stereocenters. The van der Waals surface area contributed by atoms with Crippen molar-refractivity contribution in [3.8, 4) is 0 Å². The molecule has 0 aromatic carbocycles. The summed E-state index contributed by atoms with van der Waals surface area (Å²) in [5.74, 6) is 0.850. The highest BCUT2D eigenvalue weighted by atomic mass is 32.2. The number of hydrogen-bond donors (Lipinski definition) is 1. The highest BCUT2D eigenvalue weighted by Gasteiger charge is 2.34. The van der Waals surface area contributed by atoms with Gasteiger partial charge in [-0.25, -0.2) is 12.7 Å². The summed E-state index contributed by atoms with van der Waals surface area (Å²) in [5.41, 5.74) is 0.396. The maximum absolute atomic E-state index is 12.5. The summed E-state index contributed by atoms with van der Waals surface area (Å²) >= 11 is 0. The van der Waals surface area contributed by atoms with Gasteiger partial charge in [0.25, 0.3) is 0 Å². The average Bonchev–Trinajstić information content (AvgIpc) is 2.54. The van der Waals surface area contributed by atoms with Crippen LogP contribution in [0.4, 0.5) is 0 Å². The van der Waals surface area contributed by atoms with Gasteiger partial charge in [0.05, 0.1) is 6.26 Å². The Hall–Kier alpha value is -0.620. The van der Waals surface area contributed by atoms with Crippen LogP contribution in [0.3, 0.4) is 0 Å². The molecule has 1 N–H and O–H groups in total. The van der Waals surface area contributed by atoms with E-state index in [0.717, 1.165) is 18.8 Å². The van der Waals surface area contributed by atoms with E-state index in [0.29, 0.717) is 37.4 Å². The number of nitrogens with one attached hydrogen (secondary N) is 1. The van der Waals surface area contributed by atoms with Gasteiger partial charge in [0, 0.05) is 25.0 Å². The van der Waals surface area contributed by atoms with Crippen molar-refractivity contribution >= 4 is 15.9 Å². The zero-order chi connectivity index (χ0) is 18.0. The van der Waals surface area contributed by atoms with E-state index in [1.165, 1.54) is 29.8 Å². The van der Waals surface area contributed by atoms with E-state index in [2.05, 4.69) is 26.1 Å². The van der Waals surface area contributed by atoms with Crippen molar-refractivity contribution in [2.24, 2.45) is 17.3 Å². The fraction of sp³-hybridized carbons (Fsp3) is 0.944. The van der Waals surface area contributed by atoms with Crippen molar-refractivity contribution < 1.29 is 13.2 Å². The van der Waals surface area contributed by atoms with E-state index in [9.17, 15) is 13.2 Å². The average molecular weight is 359 g/mol. The van der Waals surface area contributed by atoms with Crippen LogP contribution in [-0.2, 0) is 14.8 Å². The number of rotatable bonds is 5. The Labute approximate surface area is 147 Å². The van der Waals surface area contributed by atoms with Crippen molar-refractivity contribution in [2.75, 3.05) is 19.3 Å². The molecule has 0 aromatic heterocycles. The largest absolute Gasteiger partial charge is 0.353 e. The quantitative estimate of drug-likeness (QED) is 0.822. The number of amides is 1. The monoisotopic (exact) mass is 358 g/mol. The summed E-state index contributed by atoms with van der Waals surface area (Å²) in [7, 11) is -3.12. The summed E-state index contributed by atoms with van der Waals surface area (Å²) in [4.78, 5) is 12.5.